The minimum atomic E-state index is 0. The molecule has 0 unspecified atom stereocenters. The molecule has 0 saturated heterocycles. The van der Waals surface area contributed by atoms with Crippen LogP contribution in [0.4, 0.5) is 0 Å². The molecule has 0 aliphatic heterocycles. The molecule has 4 nitrogen and oxygen atoms in total. The zero-order valence-corrected chi connectivity index (χ0v) is 30.5. The average molecular weight is 783 g/mol. The molecule has 0 aliphatic rings. The van der Waals surface area contributed by atoms with Crippen molar-refractivity contribution in [2.75, 3.05) is 0 Å². The van der Waals surface area contributed by atoms with Crippen LogP contribution >= 0.6 is 0 Å². The van der Waals surface area contributed by atoms with Crippen molar-refractivity contribution in [1.82, 2.24) is 4.98 Å². The van der Waals surface area contributed by atoms with E-state index in [4.69, 9.17) is 9.40 Å². The van der Waals surface area contributed by atoms with E-state index in [1.807, 2.05) is 46.0 Å². The van der Waals surface area contributed by atoms with Gasteiger partial charge in [0.25, 0.3) is 0 Å². The summed E-state index contributed by atoms with van der Waals surface area (Å²) in [6, 6.07) is 22.7. The number of nitrogens with zero attached hydrogens (tertiary/aromatic N) is 1. The number of aromatic nitrogens is 1. The van der Waals surface area contributed by atoms with E-state index in [1.165, 1.54) is 17.0 Å². The van der Waals surface area contributed by atoms with Crippen molar-refractivity contribution in [3.63, 3.8) is 0 Å². The van der Waals surface area contributed by atoms with Crippen molar-refractivity contribution in [3.8, 4) is 11.3 Å². The zero-order valence-electron chi connectivity index (χ0n) is 28.1. The number of aliphatic hydroxyl groups is 1. The Bertz CT molecular complexity index is 1770. The summed E-state index contributed by atoms with van der Waals surface area (Å²) in [5, 5.41) is 14.3. The van der Waals surface area contributed by atoms with Crippen LogP contribution in [0, 0.1) is 24.8 Å². The van der Waals surface area contributed by atoms with Crippen molar-refractivity contribution in [1.29, 1.82) is 0 Å². The fourth-order valence-corrected chi connectivity index (χ4v) is 5.85. The first-order valence-electron chi connectivity index (χ1n) is 16.3. The molecule has 0 bridgehead atoms. The Morgan fingerprint density at radius 2 is 1.58 bits per heavy atom. The van der Waals surface area contributed by atoms with Crippen LogP contribution in [0.25, 0.3) is 44.0 Å². The van der Waals surface area contributed by atoms with E-state index in [-0.39, 0.29) is 48.9 Å². The Morgan fingerprint density at radius 1 is 0.911 bits per heavy atom. The fourth-order valence-electron chi connectivity index (χ4n) is 5.85. The van der Waals surface area contributed by atoms with E-state index >= 15 is 0 Å². The molecule has 0 aliphatic carbocycles. The van der Waals surface area contributed by atoms with Gasteiger partial charge in [-0.1, -0.05) is 103 Å². The zero-order chi connectivity index (χ0) is 32.0. The van der Waals surface area contributed by atoms with E-state index in [1.54, 1.807) is 0 Å². The van der Waals surface area contributed by atoms with Crippen LogP contribution in [0.1, 0.15) is 91.7 Å². The normalized spacial score (nSPS) is 12.1. The smallest absolute Gasteiger partial charge is 0.162 e. The van der Waals surface area contributed by atoms with Crippen LogP contribution in [0.3, 0.4) is 0 Å². The largest absolute Gasteiger partial charge is 0.512 e. The number of allylic oxidation sites excluding steroid dienone is 2. The first kappa shape index (κ1) is 36.2. The molecule has 0 amide bonds. The van der Waals surface area contributed by atoms with Gasteiger partial charge in [0.05, 0.1) is 11.3 Å². The number of carbonyl (C=O) groups is 1. The Kier molecular flexibility index (Phi) is 12.7. The molecule has 1 N–H and O–H groups in total. The second-order valence-electron chi connectivity index (χ2n) is 12.5. The van der Waals surface area contributed by atoms with Crippen LogP contribution < -0.4 is 0 Å². The van der Waals surface area contributed by atoms with Gasteiger partial charge in [-0.2, -0.15) is 0 Å². The molecule has 0 saturated carbocycles. The minimum absolute atomic E-state index is 0. The van der Waals surface area contributed by atoms with Gasteiger partial charge in [0.1, 0.15) is 5.58 Å². The maximum atomic E-state index is 11.7. The van der Waals surface area contributed by atoms with Crippen LogP contribution in [0.2, 0.25) is 0 Å². The predicted molar refractivity (Wildman–Crippen MR) is 185 cm³/mol. The van der Waals surface area contributed by atoms with Gasteiger partial charge in [0, 0.05) is 49.6 Å². The summed E-state index contributed by atoms with van der Waals surface area (Å²) in [5.41, 5.74) is 6.21. The average Bonchev–Trinajstić information content (AvgIpc) is 3.40. The molecular weight excluding hydrogens is 735 g/mol. The summed E-state index contributed by atoms with van der Waals surface area (Å²) in [6.07, 6.45) is 7.90. The third kappa shape index (κ3) is 7.94. The van der Waals surface area contributed by atoms with Crippen molar-refractivity contribution in [2.24, 2.45) is 11.8 Å². The van der Waals surface area contributed by atoms with Crippen LogP contribution in [0.5, 0.6) is 0 Å². The van der Waals surface area contributed by atoms with E-state index in [0.29, 0.717) is 0 Å². The van der Waals surface area contributed by atoms with Gasteiger partial charge < -0.3 is 14.5 Å². The molecule has 2 heterocycles. The van der Waals surface area contributed by atoms with Crippen molar-refractivity contribution >= 4 is 38.5 Å². The molecule has 241 valence electrons. The molecule has 3 aromatic carbocycles. The van der Waals surface area contributed by atoms with Crippen molar-refractivity contribution in [2.45, 2.75) is 92.9 Å². The van der Waals surface area contributed by atoms with Gasteiger partial charge in [0.15, 0.2) is 5.78 Å². The van der Waals surface area contributed by atoms with E-state index in [2.05, 4.69) is 76.2 Å². The summed E-state index contributed by atoms with van der Waals surface area (Å²) in [5.74, 6) is 0.547. The van der Waals surface area contributed by atoms with Gasteiger partial charge in [-0.15, -0.1) is 17.7 Å². The van der Waals surface area contributed by atoms with Gasteiger partial charge in [-0.25, -0.2) is 0 Å². The maximum absolute atomic E-state index is 11.7. The molecule has 5 rings (SSSR count). The number of ketones is 1. The van der Waals surface area contributed by atoms with Gasteiger partial charge >= 0.3 is 0 Å². The molecule has 5 aromatic rings. The van der Waals surface area contributed by atoms with Crippen molar-refractivity contribution < 1.29 is 34.4 Å². The summed E-state index contributed by atoms with van der Waals surface area (Å²) in [4.78, 5) is 16.5. The number of para-hydroxylation sites is 1. The van der Waals surface area contributed by atoms with Gasteiger partial charge in [-0.3, -0.25) is 4.79 Å². The topological polar surface area (TPSA) is 63.3 Å². The Hall–Kier alpha value is -3.27. The second kappa shape index (κ2) is 15.8. The number of hydrogen-bond donors (Lipinski definition) is 1. The first-order chi connectivity index (χ1) is 21.1. The number of benzene rings is 3. The number of aryl methyl sites for hydroxylation is 1. The third-order valence-electron chi connectivity index (χ3n) is 9.29. The maximum Gasteiger partial charge on any atom is 0.162 e. The summed E-state index contributed by atoms with van der Waals surface area (Å²) in [7, 11) is 0. The number of fused-ring (bicyclic) bond motifs is 4. The number of furan rings is 1. The molecule has 0 atom stereocenters. The first-order valence-corrected chi connectivity index (χ1v) is 16.3. The van der Waals surface area contributed by atoms with Gasteiger partial charge in [0.2, 0.25) is 0 Å². The molecule has 45 heavy (non-hydrogen) atoms. The molecule has 0 spiro atoms. The molecule has 0 fully saturated rings. The van der Waals surface area contributed by atoms with E-state index in [0.717, 1.165) is 76.2 Å². The molecular formula is C40H48IrNO3-. The minimum Gasteiger partial charge on any atom is -0.512 e. The third-order valence-corrected chi connectivity index (χ3v) is 9.29. The number of rotatable bonds is 10. The summed E-state index contributed by atoms with van der Waals surface area (Å²) >= 11 is 0. The quantitative estimate of drug-likeness (QED) is 0.0871. The molecule has 5 heteroatoms. The number of pyridine rings is 1. The van der Waals surface area contributed by atoms with Crippen LogP contribution in [-0.2, 0) is 30.3 Å². The van der Waals surface area contributed by atoms with Gasteiger partial charge in [-0.05, 0) is 71.7 Å². The SMILES string of the molecule is CCC(C)(C)c1ccc2c(-c3[c-]c(C)cc4c3oc3ccccc34)nccc2c1.CCC(CC)C(=O)/C=C(\O)C(CC)CC.[Ir]. The summed E-state index contributed by atoms with van der Waals surface area (Å²) in [6.45, 7) is 17.0. The monoisotopic (exact) mass is 783 g/mol. The van der Waals surface area contributed by atoms with E-state index < -0.39 is 0 Å². The van der Waals surface area contributed by atoms with Crippen LogP contribution in [-0.4, -0.2) is 15.9 Å². The van der Waals surface area contributed by atoms with Crippen molar-refractivity contribution in [3.05, 3.63) is 89.8 Å². The Balaban J connectivity index is 0.000000297. The van der Waals surface area contributed by atoms with E-state index in [9.17, 15) is 9.90 Å². The standard InChI is InChI=1S/C27H24NO.C13H24O2.Ir/c1-5-27(3,4)19-10-11-20-18(16-19)12-13-28-25(20)23-15-17(2)14-22-21-8-6-7-9-24(21)29-26(22)23;1-5-10(6-2)12(14)9-13(15)11(7-3)8-4;/h6-14,16H,5H2,1-4H3;9-11,14H,5-8H2,1-4H3;/q-1;;/b;12-9-;. The fraction of sp³-hybridized carbons (Fsp3) is 0.400. The predicted octanol–water partition coefficient (Wildman–Crippen LogP) is 11.5. The Morgan fingerprint density at radius 3 is 2.22 bits per heavy atom. The van der Waals surface area contributed by atoms with Crippen LogP contribution in [0.15, 0.2) is 77.0 Å². The number of aliphatic hydroxyl groups excluding tert-OH is 1. The second-order valence-corrected chi connectivity index (χ2v) is 12.5. The molecule has 2 aromatic heterocycles. The number of carbonyl (C=O) groups excluding carboxylic acids is 1. The summed E-state index contributed by atoms with van der Waals surface area (Å²) < 4.78 is 6.27. The number of hydrogen-bond acceptors (Lipinski definition) is 4. The molecule has 1 radical (unpaired) electrons. The Labute approximate surface area is 282 Å².